The fourth-order valence-electron chi connectivity index (χ4n) is 1.10. The SMILES string of the molecule is Cc1nscc1NC(=O)Nc1csnc1C. The minimum absolute atomic E-state index is 0.272. The summed E-state index contributed by atoms with van der Waals surface area (Å²) in [6.45, 7) is 3.70. The number of urea groups is 1. The lowest BCUT2D eigenvalue weighted by molar-refractivity contribution is 0.262. The molecule has 16 heavy (non-hydrogen) atoms. The predicted molar refractivity (Wildman–Crippen MR) is 66.3 cm³/mol. The zero-order valence-corrected chi connectivity index (χ0v) is 10.4. The highest BCUT2D eigenvalue weighted by Gasteiger charge is 2.08. The van der Waals surface area contributed by atoms with Crippen molar-refractivity contribution in [3.8, 4) is 0 Å². The second-order valence-corrected chi connectivity index (χ2v) is 4.46. The van der Waals surface area contributed by atoms with Crippen LogP contribution in [-0.2, 0) is 0 Å². The minimum Gasteiger partial charge on any atom is -0.305 e. The molecule has 0 bridgehead atoms. The van der Waals surface area contributed by atoms with Gasteiger partial charge in [-0.25, -0.2) is 4.79 Å². The molecule has 5 nitrogen and oxygen atoms in total. The van der Waals surface area contributed by atoms with Gasteiger partial charge in [-0.05, 0) is 36.9 Å². The van der Waals surface area contributed by atoms with E-state index in [1.54, 1.807) is 10.8 Å². The molecule has 2 N–H and O–H groups in total. The van der Waals surface area contributed by atoms with Gasteiger partial charge in [0, 0.05) is 10.8 Å². The number of nitrogens with zero attached hydrogens (tertiary/aromatic N) is 2. The molecule has 0 atom stereocenters. The van der Waals surface area contributed by atoms with Crippen LogP contribution in [-0.4, -0.2) is 14.8 Å². The molecule has 0 aliphatic heterocycles. The Morgan fingerprint density at radius 1 is 1.06 bits per heavy atom. The number of amides is 2. The molecule has 0 aliphatic rings. The van der Waals surface area contributed by atoms with Gasteiger partial charge in [0.15, 0.2) is 0 Å². The van der Waals surface area contributed by atoms with E-state index in [0.29, 0.717) is 0 Å². The van der Waals surface area contributed by atoms with Crippen molar-refractivity contribution in [3.05, 3.63) is 22.1 Å². The van der Waals surface area contributed by atoms with E-state index in [1.807, 2.05) is 13.8 Å². The molecule has 2 heterocycles. The number of aryl methyl sites for hydroxylation is 2. The van der Waals surface area contributed by atoms with Crippen LogP contribution in [0.15, 0.2) is 10.8 Å². The maximum absolute atomic E-state index is 11.6. The Morgan fingerprint density at radius 3 is 1.81 bits per heavy atom. The molecule has 0 radical (unpaired) electrons. The van der Waals surface area contributed by atoms with Crippen molar-refractivity contribution >= 4 is 40.5 Å². The van der Waals surface area contributed by atoms with E-state index in [2.05, 4.69) is 19.4 Å². The molecular weight excluding hydrogens is 244 g/mol. The normalized spacial score (nSPS) is 10.1. The maximum atomic E-state index is 11.6. The molecule has 2 amide bonds. The van der Waals surface area contributed by atoms with Crippen LogP contribution in [0.1, 0.15) is 11.4 Å². The zero-order valence-electron chi connectivity index (χ0n) is 8.77. The fraction of sp³-hybridized carbons (Fsp3) is 0.222. The van der Waals surface area contributed by atoms with Gasteiger partial charge in [-0.1, -0.05) is 0 Å². The molecule has 0 aromatic carbocycles. The molecular formula is C9H10N4OS2. The van der Waals surface area contributed by atoms with Crippen LogP contribution in [0, 0.1) is 13.8 Å². The average molecular weight is 254 g/mol. The Bertz CT molecular complexity index is 461. The first-order valence-corrected chi connectivity index (χ1v) is 6.24. The van der Waals surface area contributed by atoms with Gasteiger partial charge in [0.05, 0.1) is 22.8 Å². The highest BCUT2D eigenvalue weighted by Crippen LogP contribution is 2.18. The van der Waals surface area contributed by atoms with Gasteiger partial charge in [0.1, 0.15) is 0 Å². The van der Waals surface area contributed by atoms with Crippen LogP contribution < -0.4 is 10.6 Å². The molecule has 7 heteroatoms. The van der Waals surface area contributed by atoms with Crippen LogP contribution in [0.3, 0.4) is 0 Å². The average Bonchev–Trinajstić information content (AvgIpc) is 2.79. The number of rotatable bonds is 2. The van der Waals surface area contributed by atoms with Crippen LogP contribution >= 0.6 is 23.1 Å². The van der Waals surface area contributed by atoms with Gasteiger partial charge >= 0.3 is 6.03 Å². The first-order valence-electron chi connectivity index (χ1n) is 4.57. The van der Waals surface area contributed by atoms with Crippen molar-refractivity contribution in [1.82, 2.24) is 8.75 Å². The number of hydrogen-bond donors (Lipinski definition) is 2. The largest absolute Gasteiger partial charge is 0.323 e. The third kappa shape index (κ3) is 2.37. The lowest BCUT2D eigenvalue weighted by Gasteiger charge is -2.05. The van der Waals surface area contributed by atoms with Gasteiger partial charge in [-0.15, -0.1) is 0 Å². The van der Waals surface area contributed by atoms with E-state index in [4.69, 9.17) is 0 Å². The molecule has 0 spiro atoms. The molecule has 0 aliphatic carbocycles. The number of anilines is 2. The van der Waals surface area contributed by atoms with Crippen LogP contribution in [0.2, 0.25) is 0 Å². The lowest BCUT2D eigenvalue weighted by atomic mass is 10.4. The molecule has 0 saturated heterocycles. The molecule has 2 aromatic heterocycles. The third-order valence-electron chi connectivity index (χ3n) is 2.00. The standard InChI is InChI=1S/C9H10N4OS2/c1-5-7(3-15-12-5)10-9(14)11-8-4-16-13-6(8)2/h3-4H,1-2H3,(H2,10,11,14). The Balaban J connectivity index is 2.00. The molecule has 0 unspecified atom stereocenters. The summed E-state index contributed by atoms with van der Waals surface area (Å²) in [6, 6.07) is -0.272. The van der Waals surface area contributed by atoms with E-state index in [1.165, 1.54) is 23.1 Å². The van der Waals surface area contributed by atoms with Crippen molar-refractivity contribution in [2.45, 2.75) is 13.8 Å². The van der Waals surface area contributed by atoms with Gasteiger partial charge < -0.3 is 10.6 Å². The monoisotopic (exact) mass is 254 g/mol. The van der Waals surface area contributed by atoms with E-state index >= 15 is 0 Å². The van der Waals surface area contributed by atoms with Crippen LogP contribution in [0.4, 0.5) is 16.2 Å². The molecule has 2 aromatic rings. The molecule has 2 rings (SSSR count). The molecule has 84 valence electrons. The number of nitrogens with one attached hydrogen (secondary N) is 2. The van der Waals surface area contributed by atoms with Crippen LogP contribution in [0.25, 0.3) is 0 Å². The second kappa shape index (κ2) is 4.58. The van der Waals surface area contributed by atoms with Gasteiger partial charge in [-0.3, -0.25) is 0 Å². The van der Waals surface area contributed by atoms with Crippen molar-refractivity contribution in [1.29, 1.82) is 0 Å². The molecule has 0 saturated carbocycles. The van der Waals surface area contributed by atoms with Crippen molar-refractivity contribution in [2.75, 3.05) is 10.6 Å². The highest BCUT2D eigenvalue weighted by molar-refractivity contribution is 7.04. The first kappa shape index (κ1) is 11.0. The summed E-state index contributed by atoms with van der Waals surface area (Å²) in [4.78, 5) is 11.6. The Kier molecular flexibility index (Phi) is 3.16. The van der Waals surface area contributed by atoms with E-state index < -0.39 is 0 Å². The summed E-state index contributed by atoms with van der Waals surface area (Å²) in [7, 11) is 0. The number of hydrogen-bond acceptors (Lipinski definition) is 5. The van der Waals surface area contributed by atoms with Crippen LogP contribution in [0.5, 0.6) is 0 Å². The maximum Gasteiger partial charge on any atom is 0.323 e. The Morgan fingerprint density at radius 2 is 1.50 bits per heavy atom. The fourth-order valence-corrected chi connectivity index (χ4v) is 2.39. The highest BCUT2D eigenvalue weighted by atomic mass is 32.1. The minimum atomic E-state index is -0.272. The lowest BCUT2D eigenvalue weighted by Crippen LogP contribution is -2.19. The zero-order chi connectivity index (χ0) is 11.5. The summed E-state index contributed by atoms with van der Waals surface area (Å²) in [5.74, 6) is 0. The van der Waals surface area contributed by atoms with Gasteiger partial charge in [0.2, 0.25) is 0 Å². The van der Waals surface area contributed by atoms with Gasteiger partial charge in [-0.2, -0.15) is 8.75 Å². The quantitative estimate of drug-likeness (QED) is 0.866. The predicted octanol–water partition coefficient (Wildman–Crippen LogP) is 2.86. The third-order valence-corrected chi connectivity index (χ3v) is 3.44. The summed E-state index contributed by atoms with van der Waals surface area (Å²) in [6.07, 6.45) is 0. The number of carbonyl (C=O) groups is 1. The van der Waals surface area contributed by atoms with Gasteiger partial charge in [0.25, 0.3) is 0 Å². The van der Waals surface area contributed by atoms with Crippen molar-refractivity contribution in [3.63, 3.8) is 0 Å². The first-order chi connectivity index (χ1) is 7.66. The topological polar surface area (TPSA) is 66.9 Å². The Labute approximate surface area is 101 Å². The number of aromatic nitrogens is 2. The van der Waals surface area contributed by atoms with Crippen molar-refractivity contribution in [2.24, 2.45) is 0 Å². The summed E-state index contributed by atoms with van der Waals surface area (Å²) in [5.41, 5.74) is 3.12. The summed E-state index contributed by atoms with van der Waals surface area (Å²) < 4.78 is 8.15. The second-order valence-electron chi connectivity index (χ2n) is 3.21. The molecule has 0 fully saturated rings. The van der Waals surface area contributed by atoms with E-state index in [0.717, 1.165) is 22.8 Å². The Hall–Kier alpha value is -1.47. The number of carbonyl (C=O) groups excluding carboxylic acids is 1. The smallest absolute Gasteiger partial charge is 0.305 e. The van der Waals surface area contributed by atoms with E-state index in [-0.39, 0.29) is 6.03 Å². The summed E-state index contributed by atoms with van der Waals surface area (Å²) in [5, 5.41) is 9.06. The summed E-state index contributed by atoms with van der Waals surface area (Å²) >= 11 is 2.63. The van der Waals surface area contributed by atoms with E-state index in [9.17, 15) is 4.79 Å². The van der Waals surface area contributed by atoms with Crippen molar-refractivity contribution < 1.29 is 4.79 Å².